The van der Waals surface area contributed by atoms with Gasteiger partial charge in [-0.25, -0.2) is 13.4 Å². The minimum absolute atomic E-state index is 0.0239. The molecule has 2 aromatic heterocycles. The average Bonchev–Trinajstić information content (AvgIpc) is 3.61. The molecule has 1 amide bonds. The van der Waals surface area contributed by atoms with Crippen LogP contribution in [-0.4, -0.2) is 48.5 Å². The van der Waals surface area contributed by atoms with E-state index < -0.39 is 35.0 Å². The normalized spacial score (nSPS) is 15.6. The van der Waals surface area contributed by atoms with E-state index in [0.29, 0.717) is 34.4 Å². The number of carbonyl (C=O) groups is 1. The van der Waals surface area contributed by atoms with Crippen LogP contribution in [0.1, 0.15) is 24.8 Å². The Bertz CT molecular complexity index is 1490. The largest absolute Gasteiger partial charge is 0.475 e. The Morgan fingerprint density at radius 3 is 2.58 bits per heavy atom. The molecule has 11 heteroatoms. The summed E-state index contributed by atoms with van der Waals surface area (Å²) in [7, 11) is -5.87. The fourth-order valence-corrected chi connectivity index (χ4v) is 5.52. The van der Waals surface area contributed by atoms with Crippen molar-refractivity contribution in [3.05, 3.63) is 72.4 Å². The van der Waals surface area contributed by atoms with Gasteiger partial charge in [-0.2, -0.15) is 4.72 Å². The van der Waals surface area contributed by atoms with Crippen LogP contribution in [0.2, 0.25) is 0 Å². The quantitative estimate of drug-likeness (QED) is 0.241. The van der Waals surface area contributed by atoms with Crippen LogP contribution >= 0.6 is 0 Å². The van der Waals surface area contributed by atoms with E-state index >= 15 is 0 Å². The van der Waals surface area contributed by atoms with Crippen LogP contribution in [0.3, 0.4) is 0 Å². The summed E-state index contributed by atoms with van der Waals surface area (Å²) >= 11 is 0. The molecule has 1 saturated carbocycles. The molecule has 0 radical (unpaired) electrons. The highest BCUT2D eigenvalue weighted by Gasteiger charge is 2.35. The molecule has 2 aromatic carbocycles. The Morgan fingerprint density at radius 2 is 1.86 bits per heavy atom. The van der Waals surface area contributed by atoms with Gasteiger partial charge in [-0.3, -0.25) is 4.79 Å². The lowest BCUT2D eigenvalue weighted by Crippen LogP contribution is -2.54. The van der Waals surface area contributed by atoms with Gasteiger partial charge in [-0.05, 0) is 54.7 Å². The Kier molecular flexibility index (Phi) is 6.80. The van der Waals surface area contributed by atoms with Crippen molar-refractivity contribution in [2.45, 2.75) is 42.6 Å². The van der Waals surface area contributed by atoms with Crippen molar-refractivity contribution >= 4 is 45.1 Å². The first-order chi connectivity index (χ1) is 17.3. The number of hydrogen-bond donors (Lipinski definition) is 4. The van der Waals surface area contributed by atoms with Gasteiger partial charge in [0.1, 0.15) is 11.6 Å². The van der Waals surface area contributed by atoms with Crippen LogP contribution in [0.4, 0.5) is 0 Å². The SMILES string of the molecule is O=C(NC(CC1CC1)B(O)O)C(Cc1ccccc1)NS(=O)(=O)c1ccc2oc3ncccc3c2c1. The Balaban J connectivity index is 1.43. The number of hydrogen-bond acceptors (Lipinski definition) is 7. The number of sulfonamides is 1. The Morgan fingerprint density at radius 1 is 1.08 bits per heavy atom. The predicted octanol–water partition coefficient (Wildman–Crippen LogP) is 2.17. The summed E-state index contributed by atoms with van der Waals surface area (Å²) in [5, 5.41) is 23.5. The van der Waals surface area contributed by atoms with Gasteiger partial charge in [0.05, 0.1) is 10.8 Å². The van der Waals surface area contributed by atoms with Crippen molar-refractivity contribution in [3.8, 4) is 0 Å². The summed E-state index contributed by atoms with van der Waals surface area (Å²) in [6, 6.07) is 15.9. The molecule has 2 heterocycles. The number of fused-ring (bicyclic) bond motifs is 3. The lowest BCUT2D eigenvalue weighted by Gasteiger charge is -2.23. The van der Waals surface area contributed by atoms with Crippen molar-refractivity contribution in [2.24, 2.45) is 5.92 Å². The van der Waals surface area contributed by atoms with Crippen LogP contribution in [0.25, 0.3) is 22.1 Å². The van der Waals surface area contributed by atoms with E-state index in [9.17, 15) is 23.3 Å². The standard InChI is InChI=1S/C25H26BN3O6S/c30-24(28-23(26(31)32)14-17-8-9-17)21(13-16-5-2-1-3-6-16)29-36(33,34)18-10-11-22-20(15-18)19-7-4-12-27-25(19)35-22/h1-7,10-12,15,17,21,23,29,31-32H,8-9,13-14H2,(H,28,30). The van der Waals surface area contributed by atoms with E-state index in [-0.39, 0.29) is 11.3 Å². The van der Waals surface area contributed by atoms with Gasteiger partial charge in [0, 0.05) is 17.0 Å². The minimum Gasteiger partial charge on any atom is -0.438 e. The number of furan rings is 1. The van der Waals surface area contributed by atoms with Crippen molar-refractivity contribution < 1.29 is 27.7 Å². The molecular weight excluding hydrogens is 481 g/mol. The third-order valence-electron chi connectivity index (χ3n) is 6.40. The first kappa shape index (κ1) is 24.4. The van der Waals surface area contributed by atoms with Crippen LogP contribution in [0, 0.1) is 5.92 Å². The van der Waals surface area contributed by atoms with E-state index in [0.717, 1.165) is 18.4 Å². The summed E-state index contributed by atoms with van der Waals surface area (Å²) in [5.41, 5.74) is 1.66. The molecule has 0 bridgehead atoms. The maximum Gasteiger partial charge on any atom is 0.475 e. The summed E-state index contributed by atoms with van der Waals surface area (Å²) in [4.78, 5) is 17.4. The number of aromatic nitrogens is 1. The zero-order valence-electron chi connectivity index (χ0n) is 19.4. The zero-order chi connectivity index (χ0) is 25.3. The molecule has 36 heavy (non-hydrogen) atoms. The maximum absolute atomic E-state index is 13.4. The van der Waals surface area contributed by atoms with Gasteiger partial charge in [-0.15, -0.1) is 0 Å². The molecule has 5 rings (SSSR count). The van der Waals surface area contributed by atoms with E-state index in [2.05, 4.69) is 15.0 Å². The number of pyridine rings is 1. The van der Waals surface area contributed by atoms with Crippen LogP contribution in [0.15, 0.2) is 76.2 Å². The fourth-order valence-electron chi connectivity index (χ4n) is 4.30. The molecule has 4 N–H and O–H groups in total. The molecule has 0 aliphatic heterocycles. The average molecular weight is 507 g/mol. The van der Waals surface area contributed by atoms with Crippen LogP contribution < -0.4 is 10.0 Å². The number of carbonyl (C=O) groups excluding carboxylic acids is 1. The summed E-state index contributed by atoms with van der Waals surface area (Å²) in [6.07, 6.45) is 4.05. The van der Waals surface area contributed by atoms with E-state index in [1.54, 1.807) is 48.7 Å². The van der Waals surface area contributed by atoms with Gasteiger partial charge in [0.15, 0.2) is 0 Å². The topological polar surface area (TPSA) is 142 Å². The van der Waals surface area contributed by atoms with Gasteiger partial charge in [-0.1, -0.05) is 43.2 Å². The molecular formula is C25H26BN3O6S. The molecule has 0 spiro atoms. The third-order valence-corrected chi connectivity index (χ3v) is 7.87. The second-order valence-corrected chi connectivity index (χ2v) is 10.9. The number of nitrogens with zero attached hydrogens (tertiary/aromatic N) is 1. The summed E-state index contributed by atoms with van der Waals surface area (Å²) < 4.78 is 35.0. The van der Waals surface area contributed by atoms with Gasteiger partial charge in [0.2, 0.25) is 21.6 Å². The summed E-state index contributed by atoms with van der Waals surface area (Å²) in [6.45, 7) is 0. The van der Waals surface area contributed by atoms with Crippen molar-refractivity contribution in [3.63, 3.8) is 0 Å². The third kappa shape index (κ3) is 5.44. The first-order valence-electron chi connectivity index (χ1n) is 11.8. The minimum atomic E-state index is -4.13. The second-order valence-electron chi connectivity index (χ2n) is 9.19. The van der Waals surface area contributed by atoms with Crippen molar-refractivity contribution in [1.82, 2.24) is 15.0 Å². The lowest BCUT2D eigenvalue weighted by atomic mass is 9.76. The molecule has 1 aliphatic carbocycles. The Labute approximate surface area is 208 Å². The number of nitrogens with one attached hydrogen (secondary N) is 2. The van der Waals surface area contributed by atoms with E-state index in [4.69, 9.17) is 4.42 Å². The van der Waals surface area contributed by atoms with E-state index in [1.807, 2.05) is 6.07 Å². The Hall–Kier alpha value is -3.25. The van der Waals surface area contributed by atoms with Gasteiger partial charge < -0.3 is 19.8 Å². The van der Waals surface area contributed by atoms with Gasteiger partial charge >= 0.3 is 7.12 Å². The monoisotopic (exact) mass is 507 g/mol. The van der Waals surface area contributed by atoms with Crippen LogP contribution in [-0.2, 0) is 21.2 Å². The van der Waals surface area contributed by atoms with Crippen molar-refractivity contribution in [2.75, 3.05) is 0 Å². The highest BCUT2D eigenvalue weighted by atomic mass is 32.2. The second kappa shape index (κ2) is 10.0. The lowest BCUT2D eigenvalue weighted by molar-refractivity contribution is -0.123. The molecule has 4 aromatic rings. The fraction of sp³-hybridized carbons (Fsp3) is 0.280. The van der Waals surface area contributed by atoms with Crippen LogP contribution in [0.5, 0.6) is 0 Å². The number of rotatable bonds is 10. The molecule has 2 unspecified atom stereocenters. The van der Waals surface area contributed by atoms with E-state index in [1.165, 1.54) is 12.1 Å². The van der Waals surface area contributed by atoms with Crippen molar-refractivity contribution in [1.29, 1.82) is 0 Å². The molecule has 9 nitrogen and oxygen atoms in total. The van der Waals surface area contributed by atoms with Gasteiger partial charge in [0.25, 0.3) is 0 Å². The summed E-state index contributed by atoms with van der Waals surface area (Å²) in [5.74, 6) is -1.18. The number of amides is 1. The molecule has 1 fully saturated rings. The molecule has 0 saturated heterocycles. The first-order valence-corrected chi connectivity index (χ1v) is 13.3. The highest BCUT2D eigenvalue weighted by molar-refractivity contribution is 7.89. The smallest absolute Gasteiger partial charge is 0.438 e. The zero-order valence-corrected chi connectivity index (χ0v) is 20.2. The molecule has 1 aliphatic rings. The highest BCUT2D eigenvalue weighted by Crippen LogP contribution is 2.34. The molecule has 2 atom stereocenters. The predicted molar refractivity (Wildman–Crippen MR) is 135 cm³/mol. The maximum atomic E-state index is 13.4. The number of benzene rings is 2. The molecule has 186 valence electrons.